The van der Waals surface area contributed by atoms with E-state index in [1.165, 1.54) is 18.3 Å². The molecular weight excluding hydrogens is 256 g/mol. The lowest BCUT2D eigenvalue weighted by molar-refractivity contribution is -0.131. The van der Waals surface area contributed by atoms with Gasteiger partial charge in [-0.15, -0.1) is 0 Å². The molecule has 0 spiro atoms. The lowest BCUT2D eigenvalue weighted by Crippen LogP contribution is -2.46. The van der Waals surface area contributed by atoms with Gasteiger partial charge in [-0.1, -0.05) is 0 Å². The van der Waals surface area contributed by atoms with Crippen LogP contribution in [0.15, 0.2) is 18.3 Å². The Morgan fingerprint density at radius 2 is 2.10 bits per heavy atom. The van der Waals surface area contributed by atoms with Crippen LogP contribution in [0.2, 0.25) is 0 Å². The van der Waals surface area contributed by atoms with Crippen LogP contribution in [0.3, 0.4) is 0 Å². The molecule has 20 heavy (non-hydrogen) atoms. The number of carbonyl (C=O) groups excluding carboxylic acids is 2. The monoisotopic (exact) mass is 272 g/mol. The van der Waals surface area contributed by atoms with Crippen LogP contribution in [-0.2, 0) is 4.79 Å². The first-order chi connectivity index (χ1) is 9.61. The summed E-state index contributed by atoms with van der Waals surface area (Å²) in [5.74, 6) is -0.473. The number of nitriles is 1. The summed E-state index contributed by atoms with van der Waals surface area (Å²) >= 11 is 0. The second-order valence-electron chi connectivity index (χ2n) is 4.77. The van der Waals surface area contributed by atoms with Gasteiger partial charge in [0.1, 0.15) is 17.8 Å². The molecule has 2 heterocycles. The van der Waals surface area contributed by atoms with Gasteiger partial charge in [-0.2, -0.15) is 5.26 Å². The van der Waals surface area contributed by atoms with Gasteiger partial charge in [0.2, 0.25) is 5.91 Å². The summed E-state index contributed by atoms with van der Waals surface area (Å²) in [5, 5.41) is 11.3. The zero-order valence-electron chi connectivity index (χ0n) is 11.3. The van der Waals surface area contributed by atoms with Crippen LogP contribution in [-0.4, -0.2) is 40.8 Å². The van der Waals surface area contributed by atoms with Crippen molar-refractivity contribution >= 4 is 11.8 Å². The van der Waals surface area contributed by atoms with Crippen molar-refractivity contribution in [2.45, 2.75) is 25.8 Å². The van der Waals surface area contributed by atoms with E-state index in [2.05, 4.69) is 10.3 Å². The fourth-order valence-electron chi connectivity index (χ4n) is 2.14. The molecule has 1 aliphatic rings. The molecule has 1 fully saturated rings. The molecule has 1 aromatic heterocycles. The number of rotatable bonds is 3. The largest absolute Gasteiger partial charge is 0.341 e. The average Bonchev–Trinajstić information content (AvgIpc) is 3.00. The highest BCUT2D eigenvalue weighted by Gasteiger charge is 2.24. The Morgan fingerprint density at radius 3 is 2.65 bits per heavy atom. The molecule has 0 aliphatic carbocycles. The standard InChI is InChI=1S/C14H16N4O2/c1-10(14(20)18-6-2-3-7-18)17-13(19)12-5-4-11(8-15)9-16-12/h4-5,9-10H,2-3,6-7H2,1H3,(H,17,19). The first-order valence-electron chi connectivity index (χ1n) is 6.57. The van der Waals surface area contributed by atoms with Gasteiger partial charge < -0.3 is 10.2 Å². The molecule has 1 unspecified atom stereocenters. The number of nitrogens with one attached hydrogen (secondary N) is 1. The van der Waals surface area contributed by atoms with Gasteiger partial charge in [-0.05, 0) is 31.9 Å². The fourth-order valence-corrected chi connectivity index (χ4v) is 2.14. The molecule has 0 radical (unpaired) electrons. The fraction of sp³-hybridized carbons (Fsp3) is 0.429. The Labute approximate surface area is 117 Å². The zero-order valence-corrected chi connectivity index (χ0v) is 11.3. The Bertz CT molecular complexity index is 541. The number of amides is 2. The van der Waals surface area contributed by atoms with Gasteiger partial charge in [0.05, 0.1) is 5.56 Å². The molecule has 104 valence electrons. The van der Waals surface area contributed by atoms with E-state index in [9.17, 15) is 9.59 Å². The number of likely N-dealkylation sites (tertiary alicyclic amines) is 1. The van der Waals surface area contributed by atoms with Gasteiger partial charge in [-0.25, -0.2) is 4.98 Å². The number of pyridine rings is 1. The lowest BCUT2D eigenvalue weighted by Gasteiger charge is -2.20. The van der Waals surface area contributed by atoms with Crippen LogP contribution < -0.4 is 5.32 Å². The van der Waals surface area contributed by atoms with Crippen molar-refractivity contribution in [1.29, 1.82) is 5.26 Å². The van der Waals surface area contributed by atoms with Crippen LogP contribution in [0.5, 0.6) is 0 Å². The van der Waals surface area contributed by atoms with E-state index in [0.717, 1.165) is 25.9 Å². The van der Waals surface area contributed by atoms with Crippen molar-refractivity contribution in [3.8, 4) is 6.07 Å². The quantitative estimate of drug-likeness (QED) is 0.877. The average molecular weight is 272 g/mol. The molecule has 1 saturated heterocycles. The maximum absolute atomic E-state index is 12.1. The van der Waals surface area contributed by atoms with E-state index in [4.69, 9.17) is 5.26 Å². The summed E-state index contributed by atoms with van der Waals surface area (Å²) in [6, 6.07) is 4.36. The third-order valence-electron chi connectivity index (χ3n) is 3.26. The molecular formula is C14H16N4O2. The number of carbonyl (C=O) groups is 2. The predicted octanol–water partition coefficient (Wildman–Crippen LogP) is 0.694. The second-order valence-corrected chi connectivity index (χ2v) is 4.77. The first-order valence-corrected chi connectivity index (χ1v) is 6.57. The van der Waals surface area contributed by atoms with Crippen molar-refractivity contribution in [3.63, 3.8) is 0 Å². The number of hydrogen-bond donors (Lipinski definition) is 1. The molecule has 6 heteroatoms. The van der Waals surface area contributed by atoms with Gasteiger partial charge >= 0.3 is 0 Å². The molecule has 2 rings (SSSR count). The Hall–Kier alpha value is -2.42. The molecule has 1 atom stereocenters. The SMILES string of the molecule is CC(NC(=O)c1ccc(C#N)cn1)C(=O)N1CCCC1. The molecule has 0 aromatic carbocycles. The summed E-state index contributed by atoms with van der Waals surface area (Å²) in [5.41, 5.74) is 0.591. The summed E-state index contributed by atoms with van der Waals surface area (Å²) in [6.07, 6.45) is 3.37. The van der Waals surface area contributed by atoms with E-state index >= 15 is 0 Å². The van der Waals surface area contributed by atoms with Crippen LogP contribution >= 0.6 is 0 Å². The number of nitrogens with zero attached hydrogens (tertiary/aromatic N) is 3. The minimum atomic E-state index is -0.571. The molecule has 6 nitrogen and oxygen atoms in total. The van der Waals surface area contributed by atoms with Gasteiger partial charge in [0, 0.05) is 19.3 Å². The highest BCUT2D eigenvalue weighted by atomic mass is 16.2. The number of aromatic nitrogens is 1. The molecule has 1 aliphatic heterocycles. The maximum Gasteiger partial charge on any atom is 0.270 e. The van der Waals surface area contributed by atoms with E-state index in [0.29, 0.717) is 5.56 Å². The Kier molecular flexibility index (Phi) is 4.31. The second kappa shape index (κ2) is 6.15. The number of hydrogen-bond acceptors (Lipinski definition) is 4. The topological polar surface area (TPSA) is 86.1 Å². The minimum absolute atomic E-state index is 0.0653. The Morgan fingerprint density at radius 1 is 1.40 bits per heavy atom. The van der Waals surface area contributed by atoms with Crippen LogP contribution in [0.4, 0.5) is 0 Å². The van der Waals surface area contributed by atoms with Crippen LogP contribution in [0.1, 0.15) is 35.8 Å². The normalized spacial score (nSPS) is 15.5. The van der Waals surface area contributed by atoms with E-state index in [1.54, 1.807) is 11.8 Å². The van der Waals surface area contributed by atoms with Crippen molar-refractivity contribution in [2.24, 2.45) is 0 Å². The third-order valence-corrected chi connectivity index (χ3v) is 3.26. The maximum atomic E-state index is 12.1. The van der Waals surface area contributed by atoms with Crippen molar-refractivity contribution < 1.29 is 9.59 Å². The van der Waals surface area contributed by atoms with Crippen LogP contribution in [0.25, 0.3) is 0 Å². The van der Waals surface area contributed by atoms with E-state index < -0.39 is 11.9 Å². The van der Waals surface area contributed by atoms with Crippen LogP contribution in [0, 0.1) is 11.3 Å². The van der Waals surface area contributed by atoms with E-state index in [-0.39, 0.29) is 11.6 Å². The van der Waals surface area contributed by atoms with Gasteiger partial charge in [0.25, 0.3) is 5.91 Å². The predicted molar refractivity (Wildman–Crippen MR) is 71.7 cm³/mol. The van der Waals surface area contributed by atoms with Crippen molar-refractivity contribution in [2.75, 3.05) is 13.1 Å². The molecule has 1 aromatic rings. The summed E-state index contributed by atoms with van der Waals surface area (Å²) in [7, 11) is 0. The summed E-state index contributed by atoms with van der Waals surface area (Å²) in [6.45, 7) is 3.19. The molecule has 1 N–H and O–H groups in total. The Balaban J connectivity index is 1.96. The lowest BCUT2D eigenvalue weighted by atomic mass is 10.2. The molecule has 2 amide bonds. The van der Waals surface area contributed by atoms with Gasteiger partial charge in [0.15, 0.2) is 0 Å². The highest BCUT2D eigenvalue weighted by Crippen LogP contribution is 2.09. The smallest absolute Gasteiger partial charge is 0.270 e. The van der Waals surface area contributed by atoms with Crippen molar-refractivity contribution in [3.05, 3.63) is 29.6 Å². The summed E-state index contributed by atoms with van der Waals surface area (Å²) in [4.78, 5) is 29.7. The van der Waals surface area contributed by atoms with Gasteiger partial charge in [-0.3, -0.25) is 9.59 Å². The first kappa shape index (κ1) is 14.0. The highest BCUT2D eigenvalue weighted by molar-refractivity contribution is 5.96. The molecule has 0 saturated carbocycles. The zero-order chi connectivity index (χ0) is 14.5. The minimum Gasteiger partial charge on any atom is -0.341 e. The molecule has 0 bridgehead atoms. The van der Waals surface area contributed by atoms with E-state index in [1.807, 2.05) is 6.07 Å². The van der Waals surface area contributed by atoms with Crippen molar-refractivity contribution in [1.82, 2.24) is 15.2 Å². The third kappa shape index (κ3) is 3.12. The summed E-state index contributed by atoms with van der Waals surface area (Å²) < 4.78 is 0.